The van der Waals surface area contributed by atoms with Crippen LogP contribution in [0.15, 0.2) is 40.1 Å². The van der Waals surface area contributed by atoms with E-state index < -0.39 is 35.8 Å². The summed E-state index contributed by atoms with van der Waals surface area (Å²) in [7, 11) is -9.73. The molecule has 102 valence electrons. The van der Waals surface area contributed by atoms with Crippen LogP contribution in [0.2, 0.25) is 0 Å². The van der Waals surface area contributed by atoms with Crippen LogP contribution in [0.5, 0.6) is 5.75 Å². The monoisotopic (exact) mass is 348 g/mol. The molecule has 0 fully saturated rings. The summed E-state index contributed by atoms with van der Waals surface area (Å²) in [5, 5.41) is 11.1. The molecule has 0 saturated heterocycles. The first-order valence-corrected chi connectivity index (χ1v) is 7.63. The zero-order valence-electron chi connectivity index (χ0n) is 11.1. The van der Waals surface area contributed by atoms with Crippen molar-refractivity contribution in [2.24, 2.45) is 0 Å². The summed E-state index contributed by atoms with van der Waals surface area (Å²) in [5.74, 6) is -0.659. The maximum absolute atomic E-state index is 11.6. The molecule has 7 nitrogen and oxygen atoms in total. The molecule has 0 spiro atoms. The molecule has 0 aliphatic carbocycles. The Bertz CT molecular complexity index is 876. The van der Waals surface area contributed by atoms with Crippen molar-refractivity contribution < 1.29 is 90.2 Å². The van der Waals surface area contributed by atoms with Crippen LogP contribution in [0.3, 0.4) is 0 Å². The molecule has 11 heteroatoms. The van der Waals surface area contributed by atoms with Crippen molar-refractivity contribution in [3.05, 3.63) is 30.3 Å². The molecule has 0 aliphatic heterocycles. The topological polar surface area (TPSA) is 135 Å². The molecule has 2 rings (SSSR count). The molecule has 2 aromatic rings. The van der Waals surface area contributed by atoms with Gasteiger partial charge in [0.05, 0.1) is 4.90 Å². The third-order valence-corrected chi connectivity index (χ3v) is 4.16. The van der Waals surface area contributed by atoms with Crippen LogP contribution in [0.25, 0.3) is 10.8 Å². The molecule has 0 aromatic heterocycles. The van der Waals surface area contributed by atoms with E-state index in [1.807, 2.05) is 0 Å². The minimum Gasteiger partial charge on any atom is -0.872 e. The summed E-state index contributed by atoms with van der Waals surface area (Å²) in [6.45, 7) is 0. The second-order valence-electron chi connectivity index (χ2n) is 3.70. The summed E-state index contributed by atoms with van der Waals surface area (Å²) >= 11 is 0. The number of benzene rings is 2. The minimum atomic E-state index is -4.96. The smallest absolute Gasteiger partial charge is 0.872 e. The van der Waals surface area contributed by atoms with Crippen molar-refractivity contribution >= 4 is 31.0 Å². The quantitative estimate of drug-likeness (QED) is 0.422. The molecular formula is C10H6Na2O7S2. The normalized spacial score (nSPS) is 11.5. The van der Waals surface area contributed by atoms with Crippen molar-refractivity contribution in [3.63, 3.8) is 0 Å². The van der Waals surface area contributed by atoms with Gasteiger partial charge >= 0.3 is 59.1 Å². The van der Waals surface area contributed by atoms with E-state index in [1.165, 1.54) is 12.1 Å². The van der Waals surface area contributed by atoms with E-state index in [4.69, 9.17) is 4.55 Å². The van der Waals surface area contributed by atoms with Gasteiger partial charge in [0.2, 0.25) is 0 Å². The average Bonchev–Trinajstić information content (AvgIpc) is 2.25. The molecule has 0 bridgehead atoms. The Labute approximate surface area is 165 Å². The number of fused-ring (bicyclic) bond motifs is 1. The van der Waals surface area contributed by atoms with E-state index in [9.17, 15) is 26.5 Å². The van der Waals surface area contributed by atoms with Crippen LogP contribution in [0.1, 0.15) is 0 Å². The van der Waals surface area contributed by atoms with Gasteiger partial charge in [-0.15, -0.1) is 5.75 Å². The Kier molecular flexibility index (Phi) is 7.37. The molecule has 0 saturated carbocycles. The number of hydrogen-bond donors (Lipinski definition) is 1. The molecule has 0 radical (unpaired) electrons. The molecule has 2 aromatic carbocycles. The zero-order chi connectivity index (χ0) is 14.4. The van der Waals surface area contributed by atoms with Gasteiger partial charge < -0.3 is 9.66 Å². The van der Waals surface area contributed by atoms with Crippen LogP contribution in [-0.4, -0.2) is 25.9 Å². The fourth-order valence-electron chi connectivity index (χ4n) is 1.66. The Morgan fingerprint density at radius 1 is 0.952 bits per heavy atom. The first kappa shape index (κ1) is 21.3. The largest absolute Gasteiger partial charge is 1.00 e. The molecule has 0 heterocycles. The maximum Gasteiger partial charge on any atom is 1.00 e. The van der Waals surface area contributed by atoms with E-state index in [-0.39, 0.29) is 69.9 Å². The van der Waals surface area contributed by atoms with Crippen LogP contribution in [0.4, 0.5) is 0 Å². The fourth-order valence-corrected chi connectivity index (χ4v) is 2.99. The Morgan fingerprint density at radius 2 is 1.52 bits per heavy atom. The molecule has 21 heavy (non-hydrogen) atoms. The van der Waals surface area contributed by atoms with Gasteiger partial charge in [-0.1, -0.05) is 18.2 Å². The predicted molar refractivity (Wildman–Crippen MR) is 61.2 cm³/mol. The summed E-state index contributed by atoms with van der Waals surface area (Å²) < 4.78 is 64.2. The Balaban J connectivity index is 0.00000200. The van der Waals surface area contributed by atoms with Gasteiger partial charge in [0, 0.05) is 5.39 Å². The summed E-state index contributed by atoms with van der Waals surface area (Å²) in [6.07, 6.45) is 0. The van der Waals surface area contributed by atoms with E-state index in [2.05, 4.69) is 0 Å². The summed E-state index contributed by atoms with van der Waals surface area (Å²) in [4.78, 5) is -1.69. The van der Waals surface area contributed by atoms with Crippen molar-refractivity contribution in [1.29, 1.82) is 0 Å². The third kappa shape index (κ3) is 4.64. The van der Waals surface area contributed by atoms with Crippen molar-refractivity contribution in [2.45, 2.75) is 9.79 Å². The first-order valence-electron chi connectivity index (χ1n) is 4.78. The first-order chi connectivity index (χ1) is 8.60. The van der Waals surface area contributed by atoms with Gasteiger partial charge in [-0.25, -0.2) is 8.42 Å². The van der Waals surface area contributed by atoms with Gasteiger partial charge in [-0.2, -0.15) is 8.42 Å². The van der Waals surface area contributed by atoms with Gasteiger partial charge in [0.25, 0.3) is 10.1 Å². The number of rotatable bonds is 2. The summed E-state index contributed by atoms with van der Waals surface area (Å²) in [6, 6.07) is 4.87. The van der Waals surface area contributed by atoms with E-state index >= 15 is 0 Å². The standard InChI is InChI=1S/C10H8O7S2.2Na/c11-9-3-1-2-7-8(9)4-6(18(12,13)14)5-10(7)19(15,16)17;;/h1-5,11H,(H,12,13,14)(H,15,16,17);;/q;2*+1/p-2. The van der Waals surface area contributed by atoms with Gasteiger partial charge in [0.15, 0.2) is 0 Å². The van der Waals surface area contributed by atoms with Crippen molar-refractivity contribution in [3.8, 4) is 5.75 Å². The fraction of sp³-hybridized carbons (Fsp3) is 0. The average molecular weight is 348 g/mol. The third-order valence-electron chi connectivity index (χ3n) is 2.46. The SMILES string of the molecule is O=S(=O)([O-])c1cc(S(=O)(=O)O)c2cccc([O-])c2c1.[Na+].[Na+]. The van der Waals surface area contributed by atoms with Gasteiger partial charge in [-0.05, 0) is 17.5 Å². The minimum absolute atomic E-state index is 0. The number of hydrogen-bond acceptors (Lipinski definition) is 6. The van der Waals surface area contributed by atoms with Gasteiger partial charge in [-0.3, -0.25) is 4.55 Å². The second-order valence-corrected chi connectivity index (χ2v) is 6.47. The Hall–Kier alpha value is 0.320. The van der Waals surface area contributed by atoms with Gasteiger partial charge in [0.1, 0.15) is 15.0 Å². The van der Waals surface area contributed by atoms with E-state index in [0.717, 1.165) is 12.1 Å². The Morgan fingerprint density at radius 3 is 2.00 bits per heavy atom. The van der Waals surface area contributed by atoms with Crippen LogP contribution < -0.4 is 64.2 Å². The predicted octanol–water partition coefficient (Wildman–Crippen LogP) is -5.93. The molecule has 0 aliphatic rings. The van der Waals surface area contributed by atoms with Crippen LogP contribution >= 0.6 is 0 Å². The van der Waals surface area contributed by atoms with E-state index in [0.29, 0.717) is 6.07 Å². The molecule has 0 atom stereocenters. The molecular weight excluding hydrogens is 342 g/mol. The summed E-state index contributed by atoms with van der Waals surface area (Å²) in [5.41, 5.74) is 0. The molecule has 1 N–H and O–H groups in total. The van der Waals surface area contributed by atoms with Crippen molar-refractivity contribution in [1.82, 2.24) is 0 Å². The van der Waals surface area contributed by atoms with E-state index in [1.54, 1.807) is 0 Å². The van der Waals surface area contributed by atoms with Crippen LogP contribution in [0, 0.1) is 0 Å². The zero-order valence-corrected chi connectivity index (χ0v) is 16.7. The molecule has 0 amide bonds. The van der Waals surface area contributed by atoms with Crippen molar-refractivity contribution in [2.75, 3.05) is 0 Å². The van der Waals surface area contributed by atoms with Crippen LogP contribution in [-0.2, 0) is 20.2 Å². The molecule has 0 unspecified atom stereocenters. The maximum atomic E-state index is 11.6. The second kappa shape index (κ2) is 7.26.